The summed E-state index contributed by atoms with van der Waals surface area (Å²) in [5.74, 6) is 0. The van der Waals surface area contributed by atoms with Gasteiger partial charge in [0.2, 0.25) is 0 Å². The van der Waals surface area contributed by atoms with Gasteiger partial charge in [-0.1, -0.05) is 27.7 Å². The van der Waals surface area contributed by atoms with Gasteiger partial charge in [-0.15, -0.1) is 0 Å². The zero-order chi connectivity index (χ0) is 13.4. The summed E-state index contributed by atoms with van der Waals surface area (Å²) in [6.07, 6.45) is 9.42. The lowest BCUT2D eigenvalue weighted by Gasteiger charge is -2.34. The van der Waals surface area contributed by atoms with Crippen LogP contribution >= 0.6 is 0 Å². The highest BCUT2D eigenvalue weighted by molar-refractivity contribution is 4.83. The van der Waals surface area contributed by atoms with Gasteiger partial charge >= 0.3 is 0 Å². The van der Waals surface area contributed by atoms with E-state index in [1.165, 1.54) is 44.9 Å². The van der Waals surface area contributed by atoms with Crippen molar-refractivity contribution < 1.29 is 4.74 Å². The Morgan fingerprint density at radius 2 is 2.11 bits per heavy atom. The lowest BCUT2D eigenvalue weighted by molar-refractivity contribution is 0.0986. The van der Waals surface area contributed by atoms with Crippen molar-refractivity contribution in [2.75, 3.05) is 13.2 Å². The molecule has 0 amide bonds. The normalized spacial score (nSPS) is 22.3. The van der Waals surface area contributed by atoms with Gasteiger partial charge in [0.15, 0.2) is 0 Å². The SMILES string of the molecule is CCCNC(CCCC1CCCO1)C(C)(C)CC. The summed E-state index contributed by atoms with van der Waals surface area (Å²) in [4.78, 5) is 0. The summed E-state index contributed by atoms with van der Waals surface area (Å²) in [7, 11) is 0. The van der Waals surface area contributed by atoms with Crippen molar-refractivity contribution in [2.45, 2.75) is 84.8 Å². The van der Waals surface area contributed by atoms with Crippen LogP contribution in [0.5, 0.6) is 0 Å². The van der Waals surface area contributed by atoms with E-state index in [0.717, 1.165) is 13.2 Å². The van der Waals surface area contributed by atoms with Crippen molar-refractivity contribution >= 4 is 0 Å². The third kappa shape index (κ3) is 5.27. The fourth-order valence-electron chi connectivity index (χ4n) is 2.76. The molecule has 108 valence electrons. The smallest absolute Gasteiger partial charge is 0.0576 e. The molecule has 0 saturated carbocycles. The van der Waals surface area contributed by atoms with Gasteiger partial charge in [0.1, 0.15) is 0 Å². The molecular weight excluding hydrogens is 222 g/mol. The summed E-state index contributed by atoms with van der Waals surface area (Å²) < 4.78 is 5.71. The predicted molar refractivity (Wildman–Crippen MR) is 79.0 cm³/mol. The standard InChI is InChI=1S/C16H33NO/c1-5-12-17-15(16(3,4)6-2)11-7-9-14-10-8-13-18-14/h14-15,17H,5-13H2,1-4H3. The predicted octanol–water partition coefficient (Wildman–Crippen LogP) is 4.14. The van der Waals surface area contributed by atoms with Crippen LogP contribution in [0.3, 0.4) is 0 Å². The van der Waals surface area contributed by atoms with Gasteiger partial charge in [0, 0.05) is 12.6 Å². The van der Waals surface area contributed by atoms with Gasteiger partial charge in [0.25, 0.3) is 0 Å². The van der Waals surface area contributed by atoms with Gasteiger partial charge in [0.05, 0.1) is 6.10 Å². The van der Waals surface area contributed by atoms with E-state index in [9.17, 15) is 0 Å². The first kappa shape index (κ1) is 16.0. The monoisotopic (exact) mass is 255 g/mol. The zero-order valence-electron chi connectivity index (χ0n) is 12.9. The molecule has 0 radical (unpaired) electrons. The molecule has 0 aliphatic carbocycles. The average molecular weight is 255 g/mol. The Kier molecular flexibility index (Phi) is 7.25. The molecule has 0 bridgehead atoms. The van der Waals surface area contributed by atoms with Crippen LogP contribution in [-0.4, -0.2) is 25.3 Å². The zero-order valence-corrected chi connectivity index (χ0v) is 12.9. The molecule has 1 heterocycles. The molecule has 1 aliphatic rings. The molecule has 2 unspecified atom stereocenters. The van der Waals surface area contributed by atoms with Crippen molar-refractivity contribution in [3.8, 4) is 0 Å². The van der Waals surface area contributed by atoms with Crippen molar-refractivity contribution in [2.24, 2.45) is 5.41 Å². The molecule has 0 aromatic carbocycles. The molecule has 18 heavy (non-hydrogen) atoms. The Labute approximate surface area is 114 Å². The first-order valence-electron chi connectivity index (χ1n) is 7.95. The molecule has 2 heteroatoms. The van der Waals surface area contributed by atoms with E-state index >= 15 is 0 Å². The molecule has 2 nitrogen and oxygen atoms in total. The first-order valence-corrected chi connectivity index (χ1v) is 7.95. The second-order valence-electron chi connectivity index (χ2n) is 6.41. The summed E-state index contributed by atoms with van der Waals surface area (Å²) in [5.41, 5.74) is 0.408. The Morgan fingerprint density at radius 3 is 2.67 bits per heavy atom. The maximum Gasteiger partial charge on any atom is 0.0576 e. The maximum atomic E-state index is 5.71. The Bertz CT molecular complexity index is 209. The van der Waals surface area contributed by atoms with Gasteiger partial charge in [-0.3, -0.25) is 0 Å². The largest absolute Gasteiger partial charge is 0.378 e. The van der Waals surface area contributed by atoms with Crippen LogP contribution in [0.2, 0.25) is 0 Å². The van der Waals surface area contributed by atoms with Crippen molar-refractivity contribution in [1.29, 1.82) is 0 Å². The number of hydrogen-bond acceptors (Lipinski definition) is 2. The van der Waals surface area contributed by atoms with Gasteiger partial charge in [-0.2, -0.15) is 0 Å². The van der Waals surface area contributed by atoms with Gasteiger partial charge in [-0.05, 0) is 56.9 Å². The third-order valence-corrected chi connectivity index (χ3v) is 4.54. The fraction of sp³-hybridized carbons (Fsp3) is 1.00. The quantitative estimate of drug-likeness (QED) is 0.668. The molecular formula is C16H33NO. The Hall–Kier alpha value is -0.0800. The van der Waals surface area contributed by atoms with E-state index in [2.05, 4.69) is 33.0 Å². The maximum absolute atomic E-state index is 5.71. The van der Waals surface area contributed by atoms with Crippen LogP contribution < -0.4 is 5.32 Å². The van der Waals surface area contributed by atoms with E-state index in [1.807, 2.05) is 0 Å². The van der Waals surface area contributed by atoms with Crippen LogP contribution in [-0.2, 0) is 4.74 Å². The van der Waals surface area contributed by atoms with Crippen molar-refractivity contribution in [3.05, 3.63) is 0 Å². The topological polar surface area (TPSA) is 21.3 Å². The second kappa shape index (κ2) is 8.16. The molecule has 0 aromatic heterocycles. The molecule has 0 aromatic rings. The molecule has 1 rings (SSSR count). The highest BCUT2D eigenvalue weighted by Gasteiger charge is 2.27. The number of nitrogens with one attached hydrogen (secondary N) is 1. The lowest BCUT2D eigenvalue weighted by atomic mass is 9.79. The summed E-state index contributed by atoms with van der Waals surface area (Å²) in [6.45, 7) is 11.5. The van der Waals surface area contributed by atoms with Crippen molar-refractivity contribution in [3.63, 3.8) is 0 Å². The van der Waals surface area contributed by atoms with Crippen LogP contribution in [0.4, 0.5) is 0 Å². The number of rotatable bonds is 9. The highest BCUT2D eigenvalue weighted by atomic mass is 16.5. The fourth-order valence-corrected chi connectivity index (χ4v) is 2.76. The summed E-state index contributed by atoms with van der Waals surface area (Å²) in [6, 6.07) is 0.656. The molecule has 1 saturated heterocycles. The second-order valence-corrected chi connectivity index (χ2v) is 6.41. The third-order valence-electron chi connectivity index (χ3n) is 4.54. The van der Waals surface area contributed by atoms with E-state index < -0.39 is 0 Å². The number of hydrogen-bond donors (Lipinski definition) is 1. The minimum absolute atomic E-state index is 0.408. The van der Waals surface area contributed by atoms with Crippen LogP contribution in [0.1, 0.15) is 72.6 Å². The lowest BCUT2D eigenvalue weighted by Crippen LogP contribution is -2.42. The molecule has 2 atom stereocenters. The van der Waals surface area contributed by atoms with Crippen LogP contribution in [0, 0.1) is 5.41 Å². The summed E-state index contributed by atoms with van der Waals surface area (Å²) >= 11 is 0. The molecule has 1 fully saturated rings. The molecule has 0 spiro atoms. The van der Waals surface area contributed by atoms with Crippen LogP contribution in [0.15, 0.2) is 0 Å². The molecule has 1 aliphatic heterocycles. The Morgan fingerprint density at radius 1 is 1.33 bits per heavy atom. The Balaban J connectivity index is 2.30. The first-order chi connectivity index (χ1) is 8.60. The average Bonchev–Trinajstić information content (AvgIpc) is 2.86. The minimum Gasteiger partial charge on any atom is -0.378 e. The minimum atomic E-state index is 0.408. The van der Waals surface area contributed by atoms with Crippen molar-refractivity contribution in [1.82, 2.24) is 5.32 Å². The van der Waals surface area contributed by atoms with Gasteiger partial charge < -0.3 is 10.1 Å². The van der Waals surface area contributed by atoms with E-state index in [1.54, 1.807) is 0 Å². The number of ether oxygens (including phenoxy) is 1. The van der Waals surface area contributed by atoms with E-state index in [-0.39, 0.29) is 0 Å². The summed E-state index contributed by atoms with van der Waals surface area (Å²) in [5, 5.41) is 3.75. The van der Waals surface area contributed by atoms with Crippen LogP contribution in [0.25, 0.3) is 0 Å². The van der Waals surface area contributed by atoms with E-state index in [0.29, 0.717) is 17.6 Å². The van der Waals surface area contributed by atoms with E-state index in [4.69, 9.17) is 4.74 Å². The highest BCUT2D eigenvalue weighted by Crippen LogP contribution is 2.29. The van der Waals surface area contributed by atoms with Gasteiger partial charge in [-0.25, -0.2) is 0 Å². The molecule has 1 N–H and O–H groups in total.